The molecular weight excluding hydrogens is 535 g/mol. The predicted molar refractivity (Wildman–Crippen MR) is 130 cm³/mol. The van der Waals surface area contributed by atoms with Gasteiger partial charge >= 0.3 is 12.1 Å². The Balaban J connectivity index is 1.94. The van der Waals surface area contributed by atoms with Crippen LogP contribution in [0.2, 0.25) is 5.02 Å². The van der Waals surface area contributed by atoms with Crippen molar-refractivity contribution in [3.8, 4) is 6.01 Å². The molecule has 1 aromatic heterocycles. The summed E-state index contributed by atoms with van der Waals surface area (Å²) >= 11 is 9.41. The van der Waals surface area contributed by atoms with Crippen molar-refractivity contribution in [1.29, 1.82) is 0 Å². The Kier molecular flexibility index (Phi) is 8.43. The third-order valence-electron chi connectivity index (χ3n) is 5.16. The smallest absolute Gasteiger partial charge is 0.410 e. The zero-order valence-electron chi connectivity index (χ0n) is 20.0. The van der Waals surface area contributed by atoms with Gasteiger partial charge in [-0.2, -0.15) is 9.97 Å². The van der Waals surface area contributed by atoms with Gasteiger partial charge < -0.3 is 28.7 Å². The normalized spacial score (nSPS) is 15.7. The van der Waals surface area contributed by atoms with E-state index in [1.54, 1.807) is 17.9 Å². The first-order valence-corrected chi connectivity index (χ1v) is 11.9. The molecule has 9 nitrogen and oxygen atoms in total. The number of anilines is 1. The Morgan fingerprint density at radius 1 is 1.18 bits per heavy atom. The molecule has 1 aliphatic rings. The van der Waals surface area contributed by atoms with E-state index in [0.29, 0.717) is 37.4 Å². The van der Waals surface area contributed by atoms with E-state index in [2.05, 4.69) is 25.9 Å². The number of rotatable bonds is 6. The zero-order chi connectivity index (χ0) is 25.2. The number of carbonyl (C=O) groups is 1. The molecule has 0 aliphatic carbocycles. The molecule has 12 heteroatoms. The molecule has 188 valence electrons. The summed E-state index contributed by atoms with van der Waals surface area (Å²) in [5.41, 5.74) is -0.520. The summed E-state index contributed by atoms with van der Waals surface area (Å²) in [4.78, 5) is 24.9. The molecule has 1 unspecified atom stereocenters. The summed E-state index contributed by atoms with van der Waals surface area (Å²) in [5, 5.41) is 0.634. The molecule has 1 fully saturated rings. The van der Waals surface area contributed by atoms with Crippen LogP contribution in [0.1, 0.15) is 27.7 Å². The fourth-order valence-electron chi connectivity index (χ4n) is 3.56. The van der Waals surface area contributed by atoms with E-state index in [0.717, 1.165) is 0 Å². The molecule has 1 atom stereocenters. The molecule has 0 spiro atoms. The number of hydrogen-bond acceptors (Lipinski definition) is 8. The van der Waals surface area contributed by atoms with E-state index in [9.17, 15) is 4.79 Å². The Morgan fingerprint density at radius 3 is 2.35 bits per heavy atom. The van der Waals surface area contributed by atoms with Gasteiger partial charge in [-0.1, -0.05) is 11.6 Å². The average Bonchev–Trinajstić information content (AvgIpc) is 2.77. The van der Waals surface area contributed by atoms with Crippen molar-refractivity contribution in [2.45, 2.75) is 45.7 Å². The molecule has 0 saturated carbocycles. The number of nitrogens with zero attached hydrogens (tertiary/aromatic N) is 4. The number of methoxy groups -OCH3 is 2. The number of carbonyl (C=O) groups excluding carboxylic acids is 1. The van der Waals surface area contributed by atoms with Crippen LogP contribution in [-0.2, 0) is 14.2 Å². The van der Waals surface area contributed by atoms with E-state index in [1.165, 1.54) is 14.2 Å². The minimum atomic E-state index is -0.665. The van der Waals surface area contributed by atoms with E-state index in [4.69, 9.17) is 30.5 Å². The van der Waals surface area contributed by atoms with E-state index >= 15 is 4.39 Å². The van der Waals surface area contributed by atoms with Gasteiger partial charge in [0, 0.05) is 45.8 Å². The van der Waals surface area contributed by atoms with Crippen molar-refractivity contribution in [1.82, 2.24) is 14.9 Å². The summed E-state index contributed by atoms with van der Waals surface area (Å²) in [5.74, 6) is -0.165. The maximum Gasteiger partial charge on any atom is 0.410 e. The zero-order valence-corrected chi connectivity index (χ0v) is 22.4. The Hall–Kier alpha value is -1.95. The fraction of sp³-hybridized carbons (Fsp3) is 0.591. The van der Waals surface area contributed by atoms with E-state index in [-0.39, 0.29) is 27.1 Å². The number of ether oxygens (including phenoxy) is 4. The van der Waals surface area contributed by atoms with Crippen LogP contribution < -0.4 is 9.64 Å². The summed E-state index contributed by atoms with van der Waals surface area (Å²) < 4.78 is 37.0. The van der Waals surface area contributed by atoms with Crippen LogP contribution in [0.4, 0.5) is 15.0 Å². The lowest BCUT2D eigenvalue weighted by Crippen LogP contribution is -2.50. The topological polar surface area (TPSA) is 86.2 Å². The van der Waals surface area contributed by atoms with Crippen LogP contribution in [0, 0.1) is 5.82 Å². The number of fused-ring (bicyclic) bond motifs is 1. The van der Waals surface area contributed by atoms with Crippen LogP contribution in [0.15, 0.2) is 10.5 Å². The summed E-state index contributed by atoms with van der Waals surface area (Å²) in [6.45, 7) is 8.94. The number of hydrogen-bond donors (Lipinski definition) is 0. The lowest BCUT2D eigenvalue weighted by molar-refractivity contribution is -0.152. The molecule has 1 amide bonds. The molecule has 0 N–H and O–H groups in total. The third kappa shape index (κ3) is 5.99. The Labute approximate surface area is 211 Å². The average molecular weight is 564 g/mol. The van der Waals surface area contributed by atoms with Crippen LogP contribution in [0.5, 0.6) is 6.01 Å². The van der Waals surface area contributed by atoms with Crippen molar-refractivity contribution in [2.75, 3.05) is 45.3 Å². The third-order valence-corrected chi connectivity index (χ3v) is 6.46. The molecule has 34 heavy (non-hydrogen) atoms. The maximum absolute atomic E-state index is 15.1. The van der Waals surface area contributed by atoms with Crippen LogP contribution >= 0.6 is 27.5 Å². The van der Waals surface area contributed by atoms with E-state index < -0.39 is 23.8 Å². The van der Waals surface area contributed by atoms with E-state index in [1.807, 2.05) is 25.7 Å². The standard InChI is InChI=1S/C22H29BrClFN4O5/c1-12(19(31-5)32-6)33-20-26-17-13(11-14(24)15(23)16(17)25)18(27-20)28-7-9-29(10-8-28)21(30)34-22(2,3)4/h11-12,19H,7-10H2,1-6H3. The monoisotopic (exact) mass is 562 g/mol. The van der Waals surface area contributed by atoms with Crippen molar-refractivity contribution in [3.05, 3.63) is 21.4 Å². The second kappa shape index (κ2) is 10.8. The fourth-order valence-corrected chi connectivity index (χ4v) is 4.05. The van der Waals surface area contributed by atoms with Crippen molar-refractivity contribution >= 4 is 50.3 Å². The van der Waals surface area contributed by atoms with Gasteiger partial charge in [0.25, 0.3) is 0 Å². The molecule has 1 aliphatic heterocycles. The highest BCUT2D eigenvalue weighted by atomic mass is 79.9. The molecule has 1 saturated heterocycles. The summed E-state index contributed by atoms with van der Waals surface area (Å²) in [6, 6.07) is 1.58. The minimum absolute atomic E-state index is 0.0307. The lowest BCUT2D eigenvalue weighted by Gasteiger charge is -2.36. The summed E-state index contributed by atoms with van der Waals surface area (Å²) in [7, 11) is 2.98. The highest BCUT2D eigenvalue weighted by Gasteiger charge is 2.29. The molecule has 3 rings (SSSR count). The van der Waals surface area contributed by atoms with Gasteiger partial charge in [0.05, 0.1) is 9.50 Å². The van der Waals surface area contributed by atoms with Gasteiger partial charge in [0.15, 0.2) is 12.1 Å². The first-order valence-electron chi connectivity index (χ1n) is 10.8. The molecule has 0 radical (unpaired) electrons. The summed E-state index contributed by atoms with van der Waals surface area (Å²) in [6.07, 6.45) is -1.61. The largest absolute Gasteiger partial charge is 0.455 e. The van der Waals surface area contributed by atoms with Crippen molar-refractivity contribution in [3.63, 3.8) is 0 Å². The number of piperazine rings is 1. The van der Waals surface area contributed by atoms with Gasteiger partial charge in [-0.05, 0) is 49.7 Å². The number of amides is 1. The van der Waals surface area contributed by atoms with Crippen LogP contribution in [0.25, 0.3) is 10.9 Å². The number of halogens is 3. The van der Waals surface area contributed by atoms with Gasteiger partial charge in [-0.25, -0.2) is 9.18 Å². The molecule has 1 aromatic carbocycles. The Morgan fingerprint density at radius 2 is 1.79 bits per heavy atom. The van der Waals surface area contributed by atoms with Gasteiger partial charge in [-0.3, -0.25) is 0 Å². The van der Waals surface area contributed by atoms with Gasteiger partial charge in [0.1, 0.15) is 23.0 Å². The SMILES string of the molecule is COC(OC)C(C)Oc1nc(N2CCN(C(=O)OC(C)(C)C)CC2)c2cc(Cl)c(Br)c(F)c2n1. The maximum atomic E-state index is 15.1. The number of benzene rings is 1. The Bertz CT molecular complexity index is 1040. The highest BCUT2D eigenvalue weighted by molar-refractivity contribution is 9.10. The second-order valence-electron chi connectivity index (χ2n) is 8.83. The molecule has 2 aromatic rings. The van der Waals surface area contributed by atoms with Crippen LogP contribution in [0.3, 0.4) is 0 Å². The molecule has 2 heterocycles. The highest BCUT2D eigenvalue weighted by Crippen LogP contribution is 2.36. The second-order valence-corrected chi connectivity index (χ2v) is 10.0. The quantitative estimate of drug-likeness (QED) is 0.372. The molecular formula is C22H29BrClFN4O5. The van der Waals surface area contributed by atoms with Crippen molar-refractivity contribution < 1.29 is 28.1 Å². The van der Waals surface area contributed by atoms with Gasteiger partial charge in [-0.15, -0.1) is 0 Å². The number of aromatic nitrogens is 2. The lowest BCUT2D eigenvalue weighted by atomic mass is 10.2. The first-order chi connectivity index (χ1) is 15.9. The van der Waals surface area contributed by atoms with Gasteiger partial charge in [0.2, 0.25) is 0 Å². The predicted octanol–water partition coefficient (Wildman–Crippen LogP) is 4.63. The first kappa shape index (κ1) is 26.7. The minimum Gasteiger partial charge on any atom is -0.455 e. The molecule has 0 bridgehead atoms. The van der Waals surface area contributed by atoms with Crippen molar-refractivity contribution in [2.24, 2.45) is 0 Å². The van der Waals surface area contributed by atoms with Crippen LogP contribution in [-0.4, -0.2) is 79.4 Å².